The van der Waals surface area contributed by atoms with Gasteiger partial charge < -0.3 is 14.4 Å². The maximum Gasteiger partial charge on any atom is 0.282 e. The van der Waals surface area contributed by atoms with Crippen LogP contribution in [0, 0.1) is 20.8 Å². The Bertz CT molecular complexity index is 1060. The van der Waals surface area contributed by atoms with Crippen molar-refractivity contribution in [3.8, 4) is 0 Å². The minimum absolute atomic E-state index is 0.354. The van der Waals surface area contributed by atoms with Gasteiger partial charge in [-0.3, -0.25) is 9.59 Å². The molecule has 2 amide bonds. The molecule has 1 aliphatic heterocycles. The first-order valence-electron chi connectivity index (χ1n) is 10.5. The fourth-order valence-electron chi connectivity index (χ4n) is 3.84. The number of hydrogen-bond acceptors (Lipinski definition) is 5. The normalized spacial score (nSPS) is 14.0. The van der Waals surface area contributed by atoms with Crippen LogP contribution in [0.25, 0.3) is 5.57 Å². The number of methoxy groups -OCH3 is 2. The summed E-state index contributed by atoms with van der Waals surface area (Å²) in [5.74, 6) is -0.742. The molecule has 0 spiro atoms. The van der Waals surface area contributed by atoms with Crippen molar-refractivity contribution in [2.45, 2.75) is 20.8 Å². The number of hydrogen-bond donors (Lipinski definition) is 0. The molecule has 170 valence electrons. The topological polar surface area (TPSA) is 59.1 Å². The van der Waals surface area contributed by atoms with Gasteiger partial charge in [0.2, 0.25) is 0 Å². The molecule has 0 saturated carbocycles. The molecule has 0 aromatic heterocycles. The lowest BCUT2D eigenvalue weighted by Crippen LogP contribution is -2.37. The summed E-state index contributed by atoms with van der Waals surface area (Å²) in [5, 5.41) is 0.500. The van der Waals surface area contributed by atoms with Crippen LogP contribution in [0.15, 0.2) is 42.1 Å². The van der Waals surface area contributed by atoms with Crippen LogP contribution in [0.2, 0.25) is 5.02 Å². The van der Waals surface area contributed by atoms with E-state index in [1.807, 2.05) is 43.9 Å². The lowest BCUT2D eigenvalue weighted by Gasteiger charge is -2.26. The Morgan fingerprint density at radius 2 is 1.53 bits per heavy atom. The first-order valence-corrected chi connectivity index (χ1v) is 10.9. The molecule has 0 unspecified atom stereocenters. The third-order valence-electron chi connectivity index (χ3n) is 5.57. The number of carbonyl (C=O) groups excluding carboxylic acids is 2. The Morgan fingerprint density at radius 3 is 2.09 bits per heavy atom. The molecule has 0 atom stereocenters. The van der Waals surface area contributed by atoms with Gasteiger partial charge in [-0.05, 0) is 49.6 Å². The summed E-state index contributed by atoms with van der Waals surface area (Å²) in [7, 11) is 3.21. The predicted molar refractivity (Wildman–Crippen MR) is 127 cm³/mol. The van der Waals surface area contributed by atoms with Gasteiger partial charge in [0.05, 0.1) is 24.5 Å². The zero-order chi connectivity index (χ0) is 23.4. The highest BCUT2D eigenvalue weighted by Crippen LogP contribution is 2.37. The average molecular weight is 457 g/mol. The summed E-state index contributed by atoms with van der Waals surface area (Å²) >= 11 is 6.31. The Hall–Kier alpha value is -2.67. The number of nitrogens with zero attached hydrogens (tertiary/aromatic N) is 2. The number of halogens is 1. The SMILES string of the molecule is COCCN(CCOC)C1=C(c2ccc(C)cc2C)C(=O)N(c2ccc(C)c(Cl)c2)C1=O. The van der Waals surface area contributed by atoms with Crippen LogP contribution >= 0.6 is 11.6 Å². The number of rotatable bonds is 9. The molecule has 0 aliphatic carbocycles. The van der Waals surface area contributed by atoms with Gasteiger partial charge in [0.1, 0.15) is 5.70 Å². The van der Waals surface area contributed by atoms with Crippen LogP contribution in [-0.4, -0.2) is 57.2 Å². The van der Waals surface area contributed by atoms with E-state index in [4.69, 9.17) is 21.1 Å². The molecule has 0 radical (unpaired) electrons. The number of imide groups is 1. The molecule has 0 N–H and O–H groups in total. The van der Waals surface area contributed by atoms with Gasteiger partial charge in [-0.15, -0.1) is 0 Å². The molecule has 1 heterocycles. The van der Waals surface area contributed by atoms with Gasteiger partial charge in [0, 0.05) is 32.3 Å². The molecule has 0 fully saturated rings. The van der Waals surface area contributed by atoms with E-state index in [9.17, 15) is 9.59 Å². The van der Waals surface area contributed by atoms with Crippen LogP contribution < -0.4 is 4.90 Å². The summed E-state index contributed by atoms with van der Waals surface area (Å²) in [6.07, 6.45) is 0. The second-order valence-electron chi connectivity index (χ2n) is 7.89. The van der Waals surface area contributed by atoms with Crippen molar-refractivity contribution < 1.29 is 19.1 Å². The summed E-state index contributed by atoms with van der Waals surface area (Å²) in [6.45, 7) is 7.54. The van der Waals surface area contributed by atoms with E-state index >= 15 is 0 Å². The van der Waals surface area contributed by atoms with Crippen LogP contribution in [0.1, 0.15) is 22.3 Å². The smallest absolute Gasteiger partial charge is 0.282 e. The third-order valence-corrected chi connectivity index (χ3v) is 5.98. The van der Waals surface area contributed by atoms with Crippen LogP contribution in [0.3, 0.4) is 0 Å². The first-order chi connectivity index (χ1) is 15.3. The fourth-order valence-corrected chi connectivity index (χ4v) is 4.02. The van der Waals surface area contributed by atoms with Gasteiger partial charge >= 0.3 is 0 Å². The summed E-state index contributed by atoms with van der Waals surface area (Å²) < 4.78 is 10.5. The van der Waals surface area contributed by atoms with E-state index < -0.39 is 0 Å². The van der Waals surface area contributed by atoms with E-state index in [0.29, 0.717) is 48.3 Å². The molecule has 2 aromatic rings. The van der Waals surface area contributed by atoms with Crippen molar-refractivity contribution >= 4 is 34.7 Å². The first kappa shape index (κ1) is 24.0. The van der Waals surface area contributed by atoms with E-state index in [0.717, 1.165) is 22.3 Å². The zero-order valence-electron chi connectivity index (χ0n) is 19.2. The molecule has 32 heavy (non-hydrogen) atoms. The molecule has 0 saturated heterocycles. The Morgan fingerprint density at radius 1 is 0.875 bits per heavy atom. The average Bonchev–Trinajstić information content (AvgIpc) is 3.00. The van der Waals surface area contributed by atoms with Crippen LogP contribution in [0.5, 0.6) is 0 Å². The molecular formula is C25H29ClN2O4. The van der Waals surface area contributed by atoms with Gasteiger partial charge in [0.15, 0.2) is 0 Å². The molecule has 7 heteroatoms. The second-order valence-corrected chi connectivity index (χ2v) is 8.30. The predicted octanol–water partition coefficient (Wildman–Crippen LogP) is 4.14. The minimum atomic E-state index is -0.378. The standard InChI is InChI=1S/C25H29ClN2O4/c1-16-6-9-20(18(3)14-16)22-23(27(10-12-31-4)11-13-32-5)25(30)28(24(22)29)19-8-7-17(2)21(26)15-19/h6-9,14-15H,10-13H2,1-5H3. The summed E-state index contributed by atoms with van der Waals surface area (Å²) in [4.78, 5) is 30.5. The number of amides is 2. The van der Waals surface area contributed by atoms with Gasteiger partial charge in [-0.1, -0.05) is 41.4 Å². The van der Waals surface area contributed by atoms with Crippen molar-refractivity contribution in [3.63, 3.8) is 0 Å². The van der Waals surface area contributed by atoms with Crippen LogP contribution in [0.4, 0.5) is 5.69 Å². The maximum absolute atomic E-state index is 13.7. The quantitative estimate of drug-likeness (QED) is 0.530. The monoisotopic (exact) mass is 456 g/mol. The second kappa shape index (κ2) is 10.3. The molecule has 0 bridgehead atoms. The third kappa shape index (κ3) is 4.72. The highest BCUT2D eigenvalue weighted by Gasteiger charge is 2.42. The fraction of sp³-hybridized carbons (Fsp3) is 0.360. The number of aryl methyl sites for hydroxylation is 3. The van der Waals surface area contributed by atoms with E-state index in [2.05, 4.69) is 0 Å². The Balaban J connectivity index is 2.18. The van der Waals surface area contributed by atoms with Crippen molar-refractivity contribution in [2.24, 2.45) is 0 Å². The Kier molecular flexibility index (Phi) is 7.72. The van der Waals surface area contributed by atoms with Gasteiger partial charge in [-0.25, -0.2) is 4.90 Å². The molecule has 1 aliphatic rings. The lowest BCUT2D eigenvalue weighted by atomic mass is 9.97. The minimum Gasteiger partial charge on any atom is -0.383 e. The molecule has 2 aromatic carbocycles. The highest BCUT2D eigenvalue weighted by molar-refractivity contribution is 6.45. The van der Waals surface area contributed by atoms with Crippen molar-refractivity contribution in [1.29, 1.82) is 0 Å². The van der Waals surface area contributed by atoms with Crippen molar-refractivity contribution in [1.82, 2.24) is 4.90 Å². The maximum atomic E-state index is 13.7. The molecule has 3 rings (SSSR count). The zero-order valence-corrected chi connectivity index (χ0v) is 20.0. The highest BCUT2D eigenvalue weighted by atomic mass is 35.5. The Labute approximate surface area is 194 Å². The van der Waals surface area contributed by atoms with E-state index in [1.165, 1.54) is 4.90 Å². The lowest BCUT2D eigenvalue weighted by molar-refractivity contribution is -0.120. The molecule has 6 nitrogen and oxygen atoms in total. The number of anilines is 1. The number of benzene rings is 2. The number of ether oxygens (including phenoxy) is 2. The van der Waals surface area contributed by atoms with Gasteiger partial charge in [0.25, 0.3) is 11.8 Å². The van der Waals surface area contributed by atoms with E-state index in [-0.39, 0.29) is 11.8 Å². The summed E-state index contributed by atoms with van der Waals surface area (Å²) in [5.41, 5.74) is 4.82. The van der Waals surface area contributed by atoms with Crippen molar-refractivity contribution in [3.05, 3.63) is 69.4 Å². The largest absolute Gasteiger partial charge is 0.383 e. The van der Waals surface area contributed by atoms with Crippen molar-refractivity contribution in [2.75, 3.05) is 45.4 Å². The van der Waals surface area contributed by atoms with E-state index in [1.54, 1.807) is 32.4 Å². The van der Waals surface area contributed by atoms with Crippen LogP contribution in [-0.2, 0) is 19.1 Å². The summed E-state index contributed by atoms with van der Waals surface area (Å²) in [6, 6.07) is 11.1. The molecular weight excluding hydrogens is 428 g/mol. The number of carbonyl (C=O) groups is 2. The van der Waals surface area contributed by atoms with Gasteiger partial charge in [-0.2, -0.15) is 0 Å².